The first-order valence-corrected chi connectivity index (χ1v) is 9.93. The van der Waals surface area contributed by atoms with Crippen molar-refractivity contribution in [1.82, 2.24) is 20.2 Å². The van der Waals surface area contributed by atoms with Crippen LogP contribution in [0.25, 0.3) is 5.70 Å². The van der Waals surface area contributed by atoms with Crippen molar-refractivity contribution in [1.29, 1.82) is 0 Å². The Hall–Kier alpha value is -2.61. The Balaban J connectivity index is 1.58. The number of tetrazole rings is 1. The molecule has 0 saturated carbocycles. The van der Waals surface area contributed by atoms with Crippen LogP contribution in [0.4, 0.5) is 0 Å². The van der Waals surface area contributed by atoms with Crippen molar-refractivity contribution >= 4 is 22.5 Å². The predicted octanol–water partition coefficient (Wildman–Crippen LogP) is 2.65. The lowest BCUT2D eigenvalue weighted by Gasteiger charge is -2.22. The highest BCUT2D eigenvalue weighted by Crippen LogP contribution is 2.29. The van der Waals surface area contributed by atoms with Gasteiger partial charge in [-0.15, -0.1) is 11.8 Å². The molecule has 0 fully saturated rings. The van der Waals surface area contributed by atoms with E-state index in [1.165, 1.54) is 4.68 Å². The van der Waals surface area contributed by atoms with Crippen LogP contribution in [0, 0.1) is 12.8 Å². The number of hydrogen-bond acceptors (Lipinski definition) is 6. The van der Waals surface area contributed by atoms with Gasteiger partial charge in [-0.25, -0.2) is 9.89 Å². The van der Waals surface area contributed by atoms with E-state index in [0.29, 0.717) is 6.61 Å². The first-order valence-electron chi connectivity index (χ1n) is 8.95. The molecule has 1 N–H and O–H groups in total. The van der Waals surface area contributed by atoms with Gasteiger partial charge >= 0.3 is 5.69 Å². The minimum absolute atomic E-state index is 0.262. The van der Waals surface area contributed by atoms with Gasteiger partial charge in [0.2, 0.25) is 0 Å². The number of rotatable bonds is 5. The lowest BCUT2D eigenvalue weighted by Crippen LogP contribution is -2.23. The average molecular weight is 383 g/mol. The van der Waals surface area contributed by atoms with E-state index in [1.54, 1.807) is 11.8 Å². The van der Waals surface area contributed by atoms with Crippen molar-refractivity contribution in [3.63, 3.8) is 0 Å². The number of aromatic nitrogens is 4. The van der Waals surface area contributed by atoms with Gasteiger partial charge in [0.15, 0.2) is 0 Å². The van der Waals surface area contributed by atoms with Crippen molar-refractivity contribution in [3.8, 4) is 5.75 Å². The molecule has 1 unspecified atom stereocenters. The molecule has 2 aromatic rings. The number of ether oxygens (including phenoxy) is 1. The smallest absolute Gasteiger partial charge is 0.365 e. The van der Waals surface area contributed by atoms with Gasteiger partial charge in [-0.3, -0.25) is 4.99 Å². The normalized spacial score (nSPS) is 19.5. The number of H-pyrrole nitrogens is 1. The topological polar surface area (TPSA) is 85.2 Å². The molecule has 1 atom stereocenters. The predicted molar refractivity (Wildman–Crippen MR) is 107 cm³/mol. The SMILES string of the molecule is Cc1cc(C2=NCCS2)ccc1OCC1=C(n2nn[nH]c2=O)C=CCC1C. The van der Waals surface area contributed by atoms with E-state index in [0.717, 1.165) is 51.9 Å². The molecule has 1 aliphatic carbocycles. The summed E-state index contributed by atoms with van der Waals surface area (Å²) < 4.78 is 7.41. The summed E-state index contributed by atoms with van der Waals surface area (Å²) in [6.07, 6.45) is 4.86. The van der Waals surface area contributed by atoms with Crippen LogP contribution in [-0.4, -0.2) is 44.2 Å². The van der Waals surface area contributed by atoms with Crippen LogP contribution >= 0.6 is 11.8 Å². The maximum Gasteiger partial charge on any atom is 0.365 e. The molecule has 7 nitrogen and oxygen atoms in total. The molecule has 27 heavy (non-hydrogen) atoms. The average Bonchev–Trinajstić information content (AvgIpc) is 3.33. The number of allylic oxidation sites excluding steroid dienone is 3. The number of benzene rings is 1. The number of nitrogens with one attached hydrogen (secondary N) is 1. The third kappa shape index (κ3) is 3.62. The minimum atomic E-state index is -0.350. The second kappa shape index (κ2) is 7.56. The van der Waals surface area contributed by atoms with Crippen LogP contribution in [0.15, 0.2) is 45.7 Å². The van der Waals surface area contributed by atoms with Gasteiger partial charge in [0.25, 0.3) is 0 Å². The summed E-state index contributed by atoms with van der Waals surface area (Å²) in [6.45, 7) is 5.45. The van der Waals surface area contributed by atoms with E-state index in [-0.39, 0.29) is 11.6 Å². The highest BCUT2D eigenvalue weighted by Gasteiger charge is 2.20. The minimum Gasteiger partial charge on any atom is -0.489 e. The molecule has 0 saturated heterocycles. The molecule has 1 aromatic heterocycles. The first-order chi connectivity index (χ1) is 13.1. The Bertz CT molecular complexity index is 1000. The molecule has 2 heterocycles. The summed E-state index contributed by atoms with van der Waals surface area (Å²) in [6, 6.07) is 6.17. The number of aliphatic imine (C=N–C) groups is 1. The highest BCUT2D eigenvalue weighted by molar-refractivity contribution is 8.14. The van der Waals surface area contributed by atoms with Crippen LogP contribution < -0.4 is 10.4 Å². The standard InChI is InChI=1S/C19H21N5O2S/c1-12-4-3-5-16(24-19(25)21-22-23-24)15(12)11-26-17-7-6-14(10-13(17)2)18-20-8-9-27-18/h3,5-7,10,12H,4,8-9,11H2,1-2H3,(H,21,23,25). The van der Waals surface area contributed by atoms with Crippen LogP contribution in [0.2, 0.25) is 0 Å². The Morgan fingerprint density at radius 3 is 3.00 bits per heavy atom. The van der Waals surface area contributed by atoms with Gasteiger partial charge in [0.1, 0.15) is 12.4 Å². The van der Waals surface area contributed by atoms with Gasteiger partial charge in [0, 0.05) is 17.9 Å². The van der Waals surface area contributed by atoms with E-state index in [2.05, 4.69) is 39.6 Å². The van der Waals surface area contributed by atoms with E-state index < -0.39 is 0 Å². The van der Waals surface area contributed by atoms with Gasteiger partial charge < -0.3 is 4.74 Å². The molecule has 0 bridgehead atoms. The van der Waals surface area contributed by atoms with E-state index in [9.17, 15) is 4.79 Å². The van der Waals surface area contributed by atoms with Crippen molar-refractivity contribution < 1.29 is 4.74 Å². The number of hydrogen-bond donors (Lipinski definition) is 1. The Kier molecular flexibility index (Phi) is 4.98. The Morgan fingerprint density at radius 1 is 1.41 bits per heavy atom. The molecule has 8 heteroatoms. The van der Waals surface area contributed by atoms with E-state index in [4.69, 9.17) is 4.74 Å². The summed E-state index contributed by atoms with van der Waals surface area (Å²) in [7, 11) is 0. The Labute approximate surface area is 161 Å². The lowest BCUT2D eigenvalue weighted by atomic mass is 9.92. The third-order valence-electron chi connectivity index (χ3n) is 4.78. The van der Waals surface area contributed by atoms with Gasteiger partial charge in [-0.05, 0) is 65.1 Å². The number of nitrogens with zero attached hydrogens (tertiary/aromatic N) is 4. The molecule has 0 amide bonds. The fraction of sp³-hybridized carbons (Fsp3) is 0.368. The van der Waals surface area contributed by atoms with Crippen molar-refractivity contribution in [2.75, 3.05) is 18.9 Å². The summed E-state index contributed by atoms with van der Waals surface area (Å²) in [5.74, 6) is 2.15. The van der Waals surface area contributed by atoms with Crippen molar-refractivity contribution in [2.45, 2.75) is 20.3 Å². The van der Waals surface area contributed by atoms with Crippen LogP contribution in [0.3, 0.4) is 0 Å². The molecular formula is C19H21N5O2S. The molecule has 1 aliphatic heterocycles. The lowest BCUT2D eigenvalue weighted by molar-refractivity contribution is 0.334. The Morgan fingerprint density at radius 2 is 2.30 bits per heavy atom. The van der Waals surface area contributed by atoms with Crippen molar-refractivity contribution in [3.05, 3.63) is 57.5 Å². The van der Waals surface area contributed by atoms with Crippen molar-refractivity contribution in [2.24, 2.45) is 10.9 Å². The van der Waals surface area contributed by atoms with Crippen LogP contribution in [-0.2, 0) is 0 Å². The van der Waals surface area contributed by atoms with Gasteiger partial charge in [0.05, 0.1) is 10.7 Å². The number of thioether (sulfide) groups is 1. The summed E-state index contributed by atoms with van der Waals surface area (Å²) in [5.41, 5.74) is 3.63. The quantitative estimate of drug-likeness (QED) is 0.858. The number of aryl methyl sites for hydroxylation is 1. The van der Waals surface area contributed by atoms with E-state index >= 15 is 0 Å². The zero-order valence-corrected chi connectivity index (χ0v) is 16.1. The monoisotopic (exact) mass is 383 g/mol. The van der Waals surface area contributed by atoms with Crippen LogP contribution in [0.1, 0.15) is 24.5 Å². The molecule has 4 rings (SSSR count). The fourth-order valence-electron chi connectivity index (χ4n) is 3.27. The molecule has 0 radical (unpaired) electrons. The van der Waals surface area contributed by atoms with Gasteiger partial charge in [-0.1, -0.05) is 13.0 Å². The highest BCUT2D eigenvalue weighted by atomic mass is 32.2. The number of aromatic amines is 1. The zero-order chi connectivity index (χ0) is 18.8. The zero-order valence-electron chi connectivity index (χ0n) is 15.3. The summed E-state index contributed by atoms with van der Waals surface area (Å²) in [4.78, 5) is 16.5. The molecule has 2 aliphatic rings. The second-order valence-electron chi connectivity index (χ2n) is 6.67. The molecule has 0 spiro atoms. The van der Waals surface area contributed by atoms with E-state index in [1.807, 2.05) is 25.1 Å². The first kappa shape index (κ1) is 17.8. The molecule has 140 valence electrons. The van der Waals surface area contributed by atoms with Gasteiger partial charge in [-0.2, -0.15) is 4.68 Å². The summed E-state index contributed by atoms with van der Waals surface area (Å²) >= 11 is 1.79. The maximum absolute atomic E-state index is 11.9. The largest absolute Gasteiger partial charge is 0.489 e. The molecular weight excluding hydrogens is 362 g/mol. The maximum atomic E-state index is 11.9. The fourth-order valence-corrected chi connectivity index (χ4v) is 4.13. The second-order valence-corrected chi connectivity index (χ2v) is 7.76. The molecule has 1 aromatic carbocycles. The third-order valence-corrected chi connectivity index (χ3v) is 5.81. The van der Waals surface area contributed by atoms with Crippen LogP contribution in [0.5, 0.6) is 5.75 Å². The summed E-state index contributed by atoms with van der Waals surface area (Å²) in [5, 5.41) is 10.9.